The summed E-state index contributed by atoms with van der Waals surface area (Å²) in [5.74, 6) is -0.110. The van der Waals surface area contributed by atoms with Crippen molar-refractivity contribution in [2.45, 2.75) is 58.9 Å². The number of benzene rings is 1. The van der Waals surface area contributed by atoms with Crippen LogP contribution in [0.15, 0.2) is 36.5 Å². The molecule has 0 saturated heterocycles. The molecule has 1 heterocycles. The Bertz CT molecular complexity index is 778. The number of hydrogen-bond acceptors (Lipinski definition) is 4. The molecule has 0 radical (unpaired) electrons. The van der Waals surface area contributed by atoms with Crippen LogP contribution in [0.4, 0.5) is 4.39 Å². The molecule has 0 spiro atoms. The van der Waals surface area contributed by atoms with Crippen molar-refractivity contribution in [1.29, 1.82) is 0 Å². The zero-order valence-corrected chi connectivity index (χ0v) is 17.6. The molecule has 5 nitrogen and oxygen atoms in total. The number of aromatic nitrogens is 1. The van der Waals surface area contributed by atoms with Gasteiger partial charge in [-0.15, -0.1) is 0 Å². The molecule has 0 aliphatic carbocycles. The molecule has 0 aliphatic rings. The van der Waals surface area contributed by atoms with E-state index in [0.717, 1.165) is 31.4 Å². The van der Waals surface area contributed by atoms with Crippen LogP contribution >= 0.6 is 0 Å². The van der Waals surface area contributed by atoms with Gasteiger partial charge in [0.25, 0.3) is 0 Å². The summed E-state index contributed by atoms with van der Waals surface area (Å²) in [7, 11) is 0. The van der Waals surface area contributed by atoms with Crippen LogP contribution < -0.4 is 15.8 Å². The molecule has 1 aromatic heterocycles. The van der Waals surface area contributed by atoms with E-state index in [-0.39, 0.29) is 23.2 Å². The highest BCUT2D eigenvalue weighted by Gasteiger charge is 2.15. The van der Waals surface area contributed by atoms with Gasteiger partial charge in [-0.25, -0.2) is 9.37 Å². The molecule has 1 amide bonds. The topological polar surface area (TPSA) is 77.2 Å². The smallest absolute Gasteiger partial charge is 0.250 e. The number of carbonyl (C=O) groups is 1. The van der Waals surface area contributed by atoms with Crippen LogP contribution in [0.1, 0.15) is 74.8 Å². The van der Waals surface area contributed by atoms with Gasteiger partial charge >= 0.3 is 0 Å². The highest BCUT2D eigenvalue weighted by molar-refractivity contribution is 5.92. The SMILES string of the molecule is CCCCCNC(CCC(C)C)c1ccc(Oc2ccc(C(N)=O)cn2)c(F)c1. The maximum absolute atomic E-state index is 14.7. The molecule has 2 aromatic rings. The first-order valence-corrected chi connectivity index (χ1v) is 10.4. The van der Waals surface area contributed by atoms with Crippen LogP contribution in [0.3, 0.4) is 0 Å². The number of ether oxygens (including phenoxy) is 1. The number of amides is 1. The van der Waals surface area contributed by atoms with Crippen molar-refractivity contribution in [2.24, 2.45) is 11.7 Å². The quantitative estimate of drug-likeness (QED) is 0.469. The second kappa shape index (κ2) is 11.5. The predicted octanol–water partition coefficient (Wildman–Crippen LogP) is 5.37. The van der Waals surface area contributed by atoms with E-state index < -0.39 is 11.7 Å². The summed E-state index contributed by atoms with van der Waals surface area (Å²) in [5, 5.41) is 3.58. The summed E-state index contributed by atoms with van der Waals surface area (Å²) in [6.07, 6.45) is 6.82. The average Bonchev–Trinajstić information content (AvgIpc) is 2.69. The van der Waals surface area contributed by atoms with Crippen molar-refractivity contribution in [3.8, 4) is 11.6 Å². The van der Waals surface area contributed by atoms with Crippen molar-refractivity contribution in [3.63, 3.8) is 0 Å². The van der Waals surface area contributed by atoms with E-state index >= 15 is 0 Å². The number of carbonyl (C=O) groups excluding carboxylic acids is 1. The summed E-state index contributed by atoms with van der Waals surface area (Å²) in [5.41, 5.74) is 6.39. The number of pyridine rings is 1. The van der Waals surface area contributed by atoms with Gasteiger partial charge in [0, 0.05) is 18.3 Å². The maximum Gasteiger partial charge on any atom is 0.250 e. The first kappa shape index (κ1) is 22.8. The Morgan fingerprint density at radius 3 is 2.59 bits per heavy atom. The molecule has 0 aliphatic heterocycles. The fourth-order valence-electron chi connectivity index (χ4n) is 3.05. The van der Waals surface area contributed by atoms with Gasteiger partial charge in [0.05, 0.1) is 5.56 Å². The van der Waals surface area contributed by atoms with Crippen LogP contribution in [-0.4, -0.2) is 17.4 Å². The lowest BCUT2D eigenvalue weighted by Crippen LogP contribution is -2.23. The molecule has 158 valence electrons. The summed E-state index contributed by atoms with van der Waals surface area (Å²) in [6.45, 7) is 7.50. The predicted molar refractivity (Wildman–Crippen MR) is 114 cm³/mol. The zero-order chi connectivity index (χ0) is 21.2. The Labute approximate surface area is 172 Å². The summed E-state index contributed by atoms with van der Waals surface area (Å²) >= 11 is 0. The second-order valence-electron chi connectivity index (χ2n) is 7.73. The van der Waals surface area contributed by atoms with Gasteiger partial charge in [-0.1, -0.05) is 39.7 Å². The number of rotatable bonds is 12. The standard InChI is InChI=1S/C23H32FN3O2/c1-4-5-6-13-26-20(10-7-16(2)3)17-8-11-21(19(24)14-17)29-22-12-9-18(15-27-22)23(25)28/h8-9,11-12,14-16,20,26H,4-7,10,13H2,1-3H3,(H2,25,28). The van der Waals surface area contributed by atoms with Crippen molar-refractivity contribution < 1.29 is 13.9 Å². The molecule has 29 heavy (non-hydrogen) atoms. The van der Waals surface area contributed by atoms with E-state index in [4.69, 9.17) is 10.5 Å². The number of nitrogens with zero attached hydrogens (tertiary/aromatic N) is 1. The molecule has 0 fully saturated rings. The molecule has 3 N–H and O–H groups in total. The van der Waals surface area contributed by atoms with Crippen LogP contribution in [0.25, 0.3) is 0 Å². The van der Waals surface area contributed by atoms with Crippen molar-refractivity contribution >= 4 is 5.91 Å². The largest absolute Gasteiger partial charge is 0.436 e. The van der Waals surface area contributed by atoms with Gasteiger partial charge in [0.15, 0.2) is 11.6 Å². The highest BCUT2D eigenvalue weighted by atomic mass is 19.1. The molecule has 2 rings (SSSR count). The van der Waals surface area contributed by atoms with Gasteiger partial charge in [-0.2, -0.15) is 0 Å². The minimum Gasteiger partial charge on any atom is -0.436 e. The van der Waals surface area contributed by atoms with Crippen molar-refractivity contribution in [1.82, 2.24) is 10.3 Å². The third-order valence-corrected chi connectivity index (χ3v) is 4.80. The van der Waals surface area contributed by atoms with Gasteiger partial charge in [-0.3, -0.25) is 4.79 Å². The van der Waals surface area contributed by atoms with Gasteiger partial charge in [0.2, 0.25) is 11.8 Å². The normalized spacial score (nSPS) is 12.2. The van der Waals surface area contributed by atoms with E-state index in [9.17, 15) is 9.18 Å². The van der Waals surface area contributed by atoms with E-state index in [1.807, 2.05) is 6.07 Å². The maximum atomic E-state index is 14.7. The summed E-state index contributed by atoms with van der Waals surface area (Å²) in [6, 6.07) is 8.17. The molecular weight excluding hydrogens is 369 g/mol. The first-order chi connectivity index (χ1) is 13.9. The Balaban J connectivity index is 2.09. The molecule has 1 unspecified atom stereocenters. The van der Waals surface area contributed by atoms with E-state index in [2.05, 4.69) is 31.1 Å². The third kappa shape index (κ3) is 7.46. The van der Waals surface area contributed by atoms with E-state index in [1.165, 1.54) is 37.2 Å². The molecule has 6 heteroatoms. The third-order valence-electron chi connectivity index (χ3n) is 4.80. The number of nitrogens with two attached hydrogens (primary N) is 1. The number of halogens is 1. The number of nitrogens with one attached hydrogen (secondary N) is 1. The van der Waals surface area contributed by atoms with Crippen molar-refractivity contribution in [3.05, 3.63) is 53.5 Å². The summed E-state index contributed by atoms with van der Waals surface area (Å²) < 4.78 is 20.2. The molecule has 1 atom stereocenters. The number of primary amides is 1. The van der Waals surface area contributed by atoms with Crippen LogP contribution in [-0.2, 0) is 0 Å². The minimum atomic E-state index is -0.571. The lowest BCUT2D eigenvalue weighted by molar-refractivity contribution is 0.1000. The van der Waals surface area contributed by atoms with Crippen LogP contribution in [0.5, 0.6) is 11.6 Å². The van der Waals surface area contributed by atoms with Crippen molar-refractivity contribution in [2.75, 3.05) is 6.54 Å². The molecule has 0 bridgehead atoms. The van der Waals surface area contributed by atoms with E-state index in [0.29, 0.717) is 5.92 Å². The lowest BCUT2D eigenvalue weighted by atomic mass is 9.97. The Morgan fingerprint density at radius 1 is 1.21 bits per heavy atom. The summed E-state index contributed by atoms with van der Waals surface area (Å²) in [4.78, 5) is 15.1. The molecule has 0 saturated carbocycles. The van der Waals surface area contributed by atoms with Gasteiger partial charge in [0.1, 0.15) is 0 Å². The minimum absolute atomic E-state index is 0.0988. The average molecular weight is 402 g/mol. The van der Waals surface area contributed by atoms with E-state index in [1.54, 1.807) is 6.07 Å². The Hall–Kier alpha value is -2.47. The monoisotopic (exact) mass is 401 g/mol. The zero-order valence-electron chi connectivity index (χ0n) is 17.6. The van der Waals surface area contributed by atoms with Gasteiger partial charge < -0.3 is 15.8 Å². The molecule has 1 aromatic carbocycles. The number of hydrogen-bond donors (Lipinski definition) is 2. The van der Waals surface area contributed by atoms with Crippen LogP contribution in [0, 0.1) is 11.7 Å². The lowest BCUT2D eigenvalue weighted by Gasteiger charge is -2.21. The highest BCUT2D eigenvalue weighted by Crippen LogP contribution is 2.28. The Kier molecular flexibility index (Phi) is 9.06. The van der Waals surface area contributed by atoms with Crippen LogP contribution in [0.2, 0.25) is 0 Å². The first-order valence-electron chi connectivity index (χ1n) is 10.4. The Morgan fingerprint density at radius 2 is 2.00 bits per heavy atom. The number of unbranched alkanes of at least 4 members (excludes halogenated alkanes) is 2. The fraction of sp³-hybridized carbons (Fsp3) is 0.478. The molecular formula is C23H32FN3O2. The second-order valence-corrected chi connectivity index (χ2v) is 7.73. The fourth-order valence-corrected chi connectivity index (χ4v) is 3.05. The van der Waals surface area contributed by atoms with Gasteiger partial charge in [-0.05, 0) is 55.5 Å².